The molecule has 0 aliphatic rings. The van der Waals surface area contributed by atoms with Gasteiger partial charge in [0, 0.05) is 16.6 Å². The number of aryl methyl sites for hydroxylation is 1. The van der Waals surface area contributed by atoms with E-state index in [0.29, 0.717) is 39.2 Å². The van der Waals surface area contributed by atoms with Crippen molar-refractivity contribution in [1.29, 1.82) is 0 Å². The van der Waals surface area contributed by atoms with Crippen LogP contribution in [-0.2, 0) is 11.4 Å². The molecule has 36 heavy (non-hydrogen) atoms. The zero-order valence-corrected chi connectivity index (χ0v) is 20.1. The van der Waals surface area contributed by atoms with E-state index in [0.717, 1.165) is 12.3 Å². The number of hydrogen-bond acceptors (Lipinski definition) is 6. The molecule has 0 saturated carbocycles. The van der Waals surface area contributed by atoms with Gasteiger partial charge in [-0.3, -0.25) is 4.79 Å². The Hall–Kier alpha value is -3.60. The third-order valence-electron chi connectivity index (χ3n) is 5.57. The first kappa shape index (κ1) is 25.5. The fraction of sp³-hybridized carbons (Fsp3) is 0.240. The Bertz CT molecular complexity index is 1430. The minimum absolute atomic E-state index is 0.0856. The molecule has 0 aliphatic heterocycles. The van der Waals surface area contributed by atoms with E-state index in [1.54, 1.807) is 32.0 Å². The Kier molecular flexibility index (Phi) is 7.48. The van der Waals surface area contributed by atoms with E-state index in [4.69, 9.17) is 21.4 Å². The van der Waals surface area contributed by atoms with Gasteiger partial charge in [0.1, 0.15) is 23.7 Å². The van der Waals surface area contributed by atoms with Crippen LogP contribution in [0.4, 0.5) is 8.78 Å². The van der Waals surface area contributed by atoms with E-state index in [2.05, 4.69) is 15.4 Å². The number of fused-ring (bicyclic) bond motifs is 1. The van der Waals surface area contributed by atoms with Gasteiger partial charge in [0.05, 0.1) is 35.8 Å². The third kappa shape index (κ3) is 5.30. The molecule has 2 aromatic heterocycles. The summed E-state index contributed by atoms with van der Waals surface area (Å²) in [6, 6.07) is 8.65. The Morgan fingerprint density at radius 3 is 2.72 bits per heavy atom. The molecule has 2 heterocycles. The van der Waals surface area contributed by atoms with Crippen LogP contribution < -0.4 is 10.1 Å². The molecule has 188 valence electrons. The van der Waals surface area contributed by atoms with Crippen molar-refractivity contribution >= 4 is 28.4 Å². The number of nitrogens with zero attached hydrogens (tertiary/aromatic N) is 3. The number of aliphatic hydroxyl groups excluding tert-OH is 2. The summed E-state index contributed by atoms with van der Waals surface area (Å²) in [5.74, 6) is -1.49. The molecular weight excluding hydrogens is 494 g/mol. The van der Waals surface area contributed by atoms with Gasteiger partial charge in [-0.15, -0.1) is 0 Å². The van der Waals surface area contributed by atoms with Crippen LogP contribution in [0.15, 0.2) is 48.8 Å². The minimum Gasteiger partial charge on any atom is -0.487 e. The first-order chi connectivity index (χ1) is 17.2. The predicted octanol–water partition coefficient (Wildman–Crippen LogP) is 3.77. The zero-order chi connectivity index (χ0) is 26.0. The van der Waals surface area contributed by atoms with Crippen LogP contribution in [0.1, 0.15) is 29.8 Å². The van der Waals surface area contributed by atoms with Crippen molar-refractivity contribution in [3.05, 3.63) is 82.3 Å². The van der Waals surface area contributed by atoms with Crippen LogP contribution in [0.2, 0.25) is 5.02 Å². The first-order valence-electron chi connectivity index (χ1n) is 11.0. The summed E-state index contributed by atoms with van der Waals surface area (Å²) >= 11 is 6.34. The van der Waals surface area contributed by atoms with Gasteiger partial charge >= 0.3 is 0 Å². The maximum absolute atomic E-state index is 14.2. The SMILES string of the molecule is Cc1cc(-n2cc(F)cn2)c2cccc(OCc3c(Cl)cc(F)cc3[C@H](C)NC(=O)[C@H](O)CO)c2n1. The number of para-hydroxylation sites is 1. The predicted molar refractivity (Wildman–Crippen MR) is 129 cm³/mol. The summed E-state index contributed by atoms with van der Waals surface area (Å²) in [6.45, 7) is 2.55. The summed E-state index contributed by atoms with van der Waals surface area (Å²) in [6.07, 6.45) is 0.758. The molecule has 0 fully saturated rings. The summed E-state index contributed by atoms with van der Waals surface area (Å²) in [4.78, 5) is 16.6. The number of aliphatic hydroxyl groups is 2. The minimum atomic E-state index is -1.61. The second kappa shape index (κ2) is 10.6. The quantitative estimate of drug-likeness (QED) is 0.329. The Morgan fingerprint density at radius 1 is 1.25 bits per heavy atom. The molecular formula is C25H23ClF2N4O4. The lowest BCUT2D eigenvalue weighted by atomic mass is 10.0. The number of pyridine rings is 1. The molecule has 8 nitrogen and oxygen atoms in total. The van der Waals surface area contributed by atoms with E-state index >= 15 is 0 Å². The van der Waals surface area contributed by atoms with E-state index in [9.17, 15) is 18.7 Å². The highest BCUT2D eigenvalue weighted by Gasteiger charge is 2.22. The van der Waals surface area contributed by atoms with Gasteiger partial charge < -0.3 is 20.3 Å². The summed E-state index contributed by atoms with van der Waals surface area (Å²) in [5.41, 5.74) is 2.55. The molecule has 0 aliphatic carbocycles. The standard InChI is InChI=1S/C25H23ClF2N4O4/c1-13-6-21(32-10-16(28)9-29-32)17-4-3-5-23(24(17)30-13)36-12-19-18(7-15(27)8-20(19)26)14(2)31-25(35)22(34)11-33/h3-10,14,22,33-34H,11-12H2,1-2H3,(H,31,35)/t14-,22+/m0/s1. The molecule has 2 atom stereocenters. The van der Waals surface area contributed by atoms with E-state index in [-0.39, 0.29) is 11.6 Å². The number of halogens is 3. The van der Waals surface area contributed by atoms with E-state index in [1.807, 2.05) is 6.07 Å². The third-order valence-corrected chi connectivity index (χ3v) is 5.91. The average Bonchev–Trinajstić information content (AvgIpc) is 3.28. The second-order valence-corrected chi connectivity index (χ2v) is 8.62. The topological polar surface area (TPSA) is 110 Å². The highest BCUT2D eigenvalue weighted by Crippen LogP contribution is 2.32. The summed E-state index contributed by atoms with van der Waals surface area (Å²) in [5, 5.41) is 25.9. The monoisotopic (exact) mass is 516 g/mol. The summed E-state index contributed by atoms with van der Waals surface area (Å²) < 4.78 is 35.3. The van der Waals surface area contributed by atoms with Gasteiger partial charge in [-0.2, -0.15) is 5.10 Å². The maximum atomic E-state index is 14.2. The van der Waals surface area contributed by atoms with Crippen molar-refractivity contribution in [3.8, 4) is 11.4 Å². The average molecular weight is 517 g/mol. The fourth-order valence-electron chi connectivity index (χ4n) is 3.85. The highest BCUT2D eigenvalue weighted by molar-refractivity contribution is 6.31. The Morgan fingerprint density at radius 2 is 2.03 bits per heavy atom. The van der Waals surface area contributed by atoms with Crippen molar-refractivity contribution in [3.63, 3.8) is 0 Å². The van der Waals surface area contributed by atoms with Crippen molar-refractivity contribution in [2.75, 3.05) is 6.61 Å². The molecule has 0 bridgehead atoms. The molecule has 0 spiro atoms. The van der Waals surface area contributed by atoms with Gasteiger partial charge in [-0.1, -0.05) is 23.7 Å². The van der Waals surface area contributed by atoms with E-state index in [1.165, 1.54) is 16.9 Å². The first-order valence-corrected chi connectivity index (χ1v) is 11.4. The lowest BCUT2D eigenvalue weighted by Gasteiger charge is -2.21. The van der Waals surface area contributed by atoms with Gasteiger partial charge in [-0.05, 0) is 43.7 Å². The number of rotatable bonds is 8. The molecule has 11 heteroatoms. The molecule has 3 N–H and O–H groups in total. The van der Waals surface area contributed by atoms with Crippen LogP contribution >= 0.6 is 11.6 Å². The number of carbonyl (C=O) groups is 1. The van der Waals surface area contributed by atoms with Crippen LogP contribution in [0.25, 0.3) is 16.6 Å². The molecule has 0 radical (unpaired) electrons. The number of aromatic nitrogens is 3. The van der Waals surface area contributed by atoms with Crippen molar-refractivity contribution in [2.45, 2.75) is 32.6 Å². The molecule has 4 aromatic rings. The van der Waals surface area contributed by atoms with Gasteiger partial charge in [-0.25, -0.2) is 18.4 Å². The molecule has 4 rings (SSSR count). The maximum Gasteiger partial charge on any atom is 0.251 e. The smallest absolute Gasteiger partial charge is 0.251 e. The molecule has 1 amide bonds. The fourth-order valence-corrected chi connectivity index (χ4v) is 4.12. The lowest BCUT2D eigenvalue weighted by molar-refractivity contribution is -0.131. The van der Waals surface area contributed by atoms with Gasteiger partial charge in [0.25, 0.3) is 5.91 Å². The number of amides is 1. The van der Waals surface area contributed by atoms with E-state index < -0.39 is 36.3 Å². The van der Waals surface area contributed by atoms with Crippen molar-refractivity contribution in [2.24, 2.45) is 0 Å². The van der Waals surface area contributed by atoms with Gasteiger partial charge in [0.2, 0.25) is 0 Å². The number of ether oxygens (including phenoxy) is 1. The lowest BCUT2D eigenvalue weighted by Crippen LogP contribution is -2.38. The van der Waals surface area contributed by atoms with Crippen molar-refractivity contribution < 1.29 is 28.5 Å². The number of benzene rings is 2. The second-order valence-electron chi connectivity index (χ2n) is 8.21. The Labute approximate surface area is 210 Å². The molecule has 0 unspecified atom stereocenters. The van der Waals surface area contributed by atoms with Crippen LogP contribution in [0.5, 0.6) is 5.75 Å². The number of carbonyl (C=O) groups excluding carboxylic acids is 1. The number of nitrogens with one attached hydrogen (secondary N) is 1. The molecule has 0 saturated heterocycles. The summed E-state index contributed by atoms with van der Waals surface area (Å²) in [7, 11) is 0. The zero-order valence-electron chi connectivity index (χ0n) is 19.4. The Balaban J connectivity index is 1.68. The van der Waals surface area contributed by atoms with Crippen LogP contribution in [0.3, 0.4) is 0 Å². The largest absolute Gasteiger partial charge is 0.487 e. The van der Waals surface area contributed by atoms with Crippen LogP contribution in [0, 0.1) is 18.6 Å². The normalized spacial score (nSPS) is 13.0. The molecule has 2 aromatic carbocycles. The van der Waals surface area contributed by atoms with Crippen LogP contribution in [-0.4, -0.2) is 43.6 Å². The van der Waals surface area contributed by atoms with Gasteiger partial charge in [0.15, 0.2) is 11.9 Å². The highest BCUT2D eigenvalue weighted by atomic mass is 35.5. The number of hydrogen-bond donors (Lipinski definition) is 3. The van der Waals surface area contributed by atoms with Crippen molar-refractivity contribution in [1.82, 2.24) is 20.1 Å².